The van der Waals surface area contributed by atoms with Crippen molar-refractivity contribution in [2.45, 2.75) is 44.6 Å². The third kappa shape index (κ3) is 6.32. The summed E-state index contributed by atoms with van der Waals surface area (Å²) < 4.78 is 28.1. The van der Waals surface area contributed by atoms with Gasteiger partial charge in [0, 0.05) is 55.3 Å². The zero-order chi connectivity index (χ0) is 32.4. The molecule has 3 heterocycles. The first kappa shape index (κ1) is 25.4. The number of benzene rings is 1. The van der Waals surface area contributed by atoms with Gasteiger partial charge in [0.05, 0.1) is 30.2 Å². The van der Waals surface area contributed by atoms with E-state index < -0.39 is 12.9 Å². The van der Waals surface area contributed by atoms with Crippen LogP contribution in [0.5, 0.6) is 5.75 Å². The SMILES string of the molecule is [2H]C([2H])([2H])NC(=O)c1nnc(NC(=O)C2CC2)cc1Nc1cccc(-c2ncc(C(=O)N3CCN(C4CCCC4)CC3)s2)c1OC. The summed E-state index contributed by atoms with van der Waals surface area (Å²) in [5.74, 6) is -0.834. The van der Waals surface area contributed by atoms with Gasteiger partial charge in [0.2, 0.25) is 5.91 Å². The number of amides is 3. The maximum absolute atomic E-state index is 13.4. The first-order valence-electron chi connectivity index (χ1n) is 16.0. The lowest BCUT2D eigenvalue weighted by Gasteiger charge is -2.37. The summed E-state index contributed by atoms with van der Waals surface area (Å²) in [6.07, 6.45) is 8.22. The van der Waals surface area contributed by atoms with Crippen LogP contribution in [-0.4, -0.2) is 89.0 Å². The van der Waals surface area contributed by atoms with E-state index in [1.54, 1.807) is 18.3 Å². The molecule has 3 aromatic rings. The highest BCUT2D eigenvalue weighted by Gasteiger charge is 2.31. The van der Waals surface area contributed by atoms with E-state index >= 15 is 0 Å². The van der Waals surface area contributed by atoms with Gasteiger partial charge in [-0.3, -0.25) is 19.3 Å². The predicted octanol–water partition coefficient (Wildman–Crippen LogP) is 3.76. The topological polar surface area (TPSA) is 142 Å². The van der Waals surface area contributed by atoms with Crippen LogP contribution in [0.15, 0.2) is 30.5 Å². The van der Waals surface area contributed by atoms with E-state index in [0.29, 0.717) is 46.0 Å². The number of hydrogen-bond acceptors (Lipinski definition) is 10. The lowest BCUT2D eigenvalue weighted by Crippen LogP contribution is -2.51. The number of thiazole rings is 1. The predicted molar refractivity (Wildman–Crippen MR) is 164 cm³/mol. The number of rotatable bonds is 9. The molecule has 13 heteroatoms. The van der Waals surface area contributed by atoms with E-state index in [-0.39, 0.29) is 34.9 Å². The number of hydrogen-bond donors (Lipinski definition) is 3. The van der Waals surface area contributed by atoms with Crippen molar-refractivity contribution >= 4 is 46.3 Å². The van der Waals surface area contributed by atoms with Gasteiger partial charge in [-0.25, -0.2) is 4.98 Å². The van der Waals surface area contributed by atoms with Gasteiger partial charge in [-0.1, -0.05) is 18.9 Å². The van der Waals surface area contributed by atoms with Crippen molar-refractivity contribution in [2.75, 3.05) is 50.9 Å². The van der Waals surface area contributed by atoms with Gasteiger partial charge in [0.1, 0.15) is 9.88 Å². The van der Waals surface area contributed by atoms with E-state index in [4.69, 9.17) is 8.85 Å². The normalized spacial score (nSPS) is 18.8. The van der Waals surface area contributed by atoms with Crippen LogP contribution in [0.4, 0.5) is 17.2 Å². The lowest BCUT2D eigenvalue weighted by atomic mass is 10.1. The molecule has 3 amide bonds. The Morgan fingerprint density at radius 2 is 1.84 bits per heavy atom. The molecule has 3 fully saturated rings. The number of carbonyl (C=O) groups excluding carboxylic acids is 3. The molecule has 3 aliphatic rings. The summed E-state index contributed by atoms with van der Waals surface area (Å²) in [5.41, 5.74) is 0.843. The molecule has 2 aliphatic carbocycles. The van der Waals surface area contributed by atoms with Crippen molar-refractivity contribution in [3.8, 4) is 16.3 Å². The summed E-state index contributed by atoms with van der Waals surface area (Å²) in [6.45, 7) is 0.381. The Bertz CT molecular complexity index is 1620. The van der Waals surface area contributed by atoms with E-state index in [1.165, 1.54) is 50.2 Å². The average Bonchev–Trinajstić information content (AvgIpc) is 3.51. The average molecular weight is 608 g/mol. The third-order valence-corrected chi connectivity index (χ3v) is 9.22. The first-order valence-corrected chi connectivity index (χ1v) is 15.4. The third-order valence-electron chi connectivity index (χ3n) is 8.20. The molecular weight excluding hydrogens is 568 g/mol. The summed E-state index contributed by atoms with van der Waals surface area (Å²) in [5, 5.41) is 16.2. The molecule has 0 atom stereocenters. The van der Waals surface area contributed by atoms with Crippen LogP contribution in [0.1, 0.15) is 62.8 Å². The molecular formula is C30H36N8O4S. The molecule has 0 unspecified atom stereocenters. The molecule has 6 rings (SSSR count). The molecule has 3 N–H and O–H groups in total. The molecule has 0 radical (unpaired) electrons. The highest BCUT2D eigenvalue weighted by Crippen LogP contribution is 2.40. The number of ether oxygens (including phenoxy) is 1. The molecule has 1 aliphatic heterocycles. The zero-order valence-corrected chi connectivity index (χ0v) is 24.7. The van der Waals surface area contributed by atoms with E-state index in [9.17, 15) is 14.4 Å². The van der Waals surface area contributed by atoms with Crippen molar-refractivity contribution in [1.82, 2.24) is 30.3 Å². The number of nitrogens with zero attached hydrogens (tertiary/aromatic N) is 5. The van der Waals surface area contributed by atoms with Crippen LogP contribution in [0.25, 0.3) is 10.6 Å². The maximum Gasteiger partial charge on any atom is 0.273 e. The summed E-state index contributed by atoms with van der Waals surface area (Å²) >= 11 is 1.27. The molecule has 12 nitrogen and oxygen atoms in total. The van der Waals surface area contributed by atoms with Gasteiger partial charge < -0.3 is 25.6 Å². The van der Waals surface area contributed by atoms with Gasteiger partial charge in [-0.2, -0.15) is 0 Å². The first-order chi connectivity index (χ1) is 22.1. The van der Waals surface area contributed by atoms with Crippen LogP contribution in [-0.2, 0) is 4.79 Å². The minimum Gasteiger partial charge on any atom is -0.494 e. The monoisotopic (exact) mass is 607 g/mol. The van der Waals surface area contributed by atoms with Crippen molar-refractivity contribution in [3.63, 3.8) is 0 Å². The van der Waals surface area contributed by atoms with E-state index in [2.05, 4.69) is 30.7 Å². The number of piperazine rings is 1. The minimum absolute atomic E-state index is 0.0448. The van der Waals surface area contributed by atoms with Crippen LogP contribution >= 0.6 is 11.3 Å². The van der Waals surface area contributed by atoms with E-state index in [1.807, 2.05) is 16.3 Å². The maximum atomic E-state index is 13.4. The lowest BCUT2D eigenvalue weighted by molar-refractivity contribution is -0.117. The molecule has 1 aromatic carbocycles. The number of methoxy groups -OCH3 is 1. The molecule has 2 aromatic heterocycles. The molecule has 2 saturated carbocycles. The van der Waals surface area contributed by atoms with Crippen LogP contribution in [0.2, 0.25) is 0 Å². The molecule has 1 saturated heterocycles. The molecule has 43 heavy (non-hydrogen) atoms. The van der Waals surface area contributed by atoms with Crippen molar-refractivity contribution in [2.24, 2.45) is 5.92 Å². The van der Waals surface area contributed by atoms with Crippen molar-refractivity contribution < 1.29 is 23.2 Å². The Labute approximate surface area is 258 Å². The smallest absolute Gasteiger partial charge is 0.273 e. The fraction of sp³-hybridized carbons (Fsp3) is 0.467. The quantitative estimate of drug-likeness (QED) is 0.332. The van der Waals surface area contributed by atoms with Crippen LogP contribution in [0.3, 0.4) is 0 Å². The van der Waals surface area contributed by atoms with Crippen LogP contribution < -0.4 is 20.7 Å². The Hall–Kier alpha value is -4.10. The standard InChI is InChI=1S/C30H36N8O4S/c1-31-28(40)25-22(16-24(35-36-25)34-27(39)18-10-11-18)33-21-9-5-8-20(26(21)42-2)29-32-17-23(43-29)30(41)38-14-12-37(13-15-38)19-6-3-4-7-19/h5,8-9,16-19H,3-4,6-7,10-15H2,1-2H3,(H,31,40)(H2,33,34,35,39)/i1D3. The fourth-order valence-electron chi connectivity index (χ4n) is 5.73. The molecule has 0 bridgehead atoms. The Kier molecular flexibility index (Phi) is 7.47. The Balaban J connectivity index is 1.23. The van der Waals surface area contributed by atoms with E-state index in [0.717, 1.165) is 25.9 Å². The molecule has 0 spiro atoms. The fourth-order valence-corrected chi connectivity index (χ4v) is 6.64. The number of aromatic nitrogens is 3. The second-order valence-corrected chi connectivity index (χ2v) is 12.0. The van der Waals surface area contributed by atoms with Gasteiger partial charge in [-0.05, 0) is 37.8 Å². The summed E-state index contributed by atoms with van der Waals surface area (Å²) in [4.78, 5) is 48.1. The summed E-state index contributed by atoms with van der Waals surface area (Å²) in [7, 11) is 1.49. The molecule has 226 valence electrons. The second kappa shape index (κ2) is 12.6. The number of carbonyl (C=O) groups is 3. The van der Waals surface area contributed by atoms with Crippen LogP contribution in [0, 0.1) is 5.92 Å². The second-order valence-electron chi connectivity index (χ2n) is 11.0. The zero-order valence-electron chi connectivity index (χ0n) is 26.9. The minimum atomic E-state index is -2.75. The van der Waals surface area contributed by atoms with Crippen molar-refractivity contribution in [1.29, 1.82) is 0 Å². The number of anilines is 3. The van der Waals surface area contributed by atoms with Gasteiger partial charge in [0.25, 0.3) is 11.8 Å². The Morgan fingerprint density at radius 3 is 2.56 bits per heavy atom. The van der Waals surface area contributed by atoms with Gasteiger partial charge >= 0.3 is 0 Å². The van der Waals surface area contributed by atoms with Gasteiger partial charge in [0.15, 0.2) is 17.3 Å². The summed E-state index contributed by atoms with van der Waals surface area (Å²) in [6, 6.07) is 7.34. The largest absolute Gasteiger partial charge is 0.494 e. The highest BCUT2D eigenvalue weighted by molar-refractivity contribution is 7.17. The van der Waals surface area contributed by atoms with Crippen molar-refractivity contribution in [3.05, 3.63) is 41.0 Å². The number of nitrogens with one attached hydrogen (secondary N) is 3. The Morgan fingerprint density at radius 1 is 1.05 bits per heavy atom. The highest BCUT2D eigenvalue weighted by atomic mass is 32.1. The number of para-hydroxylation sites is 1. The van der Waals surface area contributed by atoms with Gasteiger partial charge in [-0.15, -0.1) is 21.5 Å².